The number of nitrogens with one attached hydrogen (secondary N) is 1. The second kappa shape index (κ2) is 8.95. The number of carbonyl (C=O) groups excluding carboxylic acids is 4. The molecule has 2 atom stereocenters. The van der Waals surface area contributed by atoms with Gasteiger partial charge in [0, 0.05) is 11.3 Å². The van der Waals surface area contributed by atoms with E-state index in [0.717, 1.165) is 4.90 Å². The maximum Gasteiger partial charge on any atom is 0.326 e. The Bertz CT molecular complexity index is 1000. The molecule has 31 heavy (non-hydrogen) atoms. The zero-order valence-electron chi connectivity index (χ0n) is 16.8. The van der Waals surface area contributed by atoms with Gasteiger partial charge in [0.2, 0.25) is 11.8 Å². The largest absolute Gasteiger partial charge is 0.459 e. The Hall–Kier alpha value is -3.74. The van der Waals surface area contributed by atoms with Gasteiger partial charge in [-0.3, -0.25) is 24.1 Å². The first-order chi connectivity index (χ1) is 15.0. The summed E-state index contributed by atoms with van der Waals surface area (Å²) in [6, 6.07) is 15.8. The van der Waals surface area contributed by atoms with E-state index < -0.39 is 5.97 Å². The molecule has 7 nitrogen and oxygen atoms in total. The van der Waals surface area contributed by atoms with Gasteiger partial charge in [0.05, 0.1) is 11.8 Å². The number of hydrogen-bond acceptors (Lipinski definition) is 5. The van der Waals surface area contributed by atoms with Crippen molar-refractivity contribution in [2.24, 2.45) is 11.8 Å². The minimum absolute atomic E-state index is 0.00987. The first-order valence-electron chi connectivity index (χ1n) is 10.1. The lowest BCUT2D eigenvalue weighted by Gasteiger charge is -2.14. The molecule has 1 fully saturated rings. The van der Waals surface area contributed by atoms with Crippen molar-refractivity contribution >= 4 is 29.4 Å². The summed E-state index contributed by atoms with van der Waals surface area (Å²) in [5.41, 5.74) is 1.87. The van der Waals surface area contributed by atoms with Crippen molar-refractivity contribution < 1.29 is 23.9 Å². The van der Waals surface area contributed by atoms with Crippen LogP contribution >= 0.6 is 0 Å². The summed E-state index contributed by atoms with van der Waals surface area (Å²) in [7, 11) is 0. The van der Waals surface area contributed by atoms with Crippen LogP contribution in [0.3, 0.4) is 0 Å². The Morgan fingerprint density at radius 1 is 0.903 bits per heavy atom. The van der Waals surface area contributed by atoms with E-state index in [1.54, 1.807) is 36.4 Å². The van der Waals surface area contributed by atoms with Crippen LogP contribution < -0.4 is 5.32 Å². The van der Waals surface area contributed by atoms with Gasteiger partial charge >= 0.3 is 5.97 Å². The van der Waals surface area contributed by atoms with E-state index in [-0.39, 0.29) is 42.7 Å². The molecular weight excluding hydrogens is 396 g/mol. The van der Waals surface area contributed by atoms with Gasteiger partial charge in [-0.1, -0.05) is 42.5 Å². The summed E-state index contributed by atoms with van der Waals surface area (Å²) in [6.07, 6.45) is 4.87. The van der Waals surface area contributed by atoms with Crippen molar-refractivity contribution in [1.82, 2.24) is 4.90 Å². The number of para-hydroxylation sites is 1. The summed E-state index contributed by atoms with van der Waals surface area (Å²) < 4.78 is 5.23. The van der Waals surface area contributed by atoms with Crippen molar-refractivity contribution in [3.63, 3.8) is 0 Å². The van der Waals surface area contributed by atoms with Gasteiger partial charge in [-0.2, -0.15) is 0 Å². The van der Waals surface area contributed by atoms with Gasteiger partial charge in [0.25, 0.3) is 5.91 Å². The highest BCUT2D eigenvalue weighted by Crippen LogP contribution is 2.34. The molecule has 1 N–H and O–H groups in total. The number of ether oxygens (including phenoxy) is 1. The molecule has 158 valence electrons. The Morgan fingerprint density at radius 2 is 1.52 bits per heavy atom. The highest BCUT2D eigenvalue weighted by atomic mass is 16.5. The summed E-state index contributed by atoms with van der Waals surface area (Å²) in [5, 5.41) is 2.80. The average Bonchev–Trinajstić information content (AvgIpc) is 3.04. The number of nitrogens with zero attached hydrogens (tertiary/aromatic N) is 1. The number of anilines is 1. The summed E-state index contributed by atoms with van der Waals surface area (Å²) in [5.74, 6) is -2.20. The lowest BCUT2D eigenvalue weighted by Crippen LogP contribution is -2.36. The quantitative estimate of drug-likeness (QED) is 0.442. The third-order valence-corrected chi connectivity index (χ3v) is 5.53. The Labute approximate surface area is 179 Å². The van der Waals surface area contributed by atoms with E-state index in [9.17, 15) is 19.2 Å². The van der Waals surface area contributed by atoms with E-state index >= 15 is 0 Å². The molecule has 3 amide bonds. The number of hydrogen-bond donors (Lipinski definition) is 1. The predicted octanol–water partition coefficient (Wildman–Crippen LogP) is 2.93. The number of benzene rings is 2. The highest BCUT2D eigenvalue weighted by Gasteiger charge is 2.47. The molecule has 1 aliphatic heterocycles. The topological polar surface area (TPSA) is 92.8 Å². The fourth-order valence-electron chi connectivity index (χ4n) is 3.84. The first kappa shape index (κ1) is 20.5. The third kappa shape index (κ3) is 4.55. The van der Waals surface area contributed by atoms with Gasteiger partial charge in [0.15, 0.2) is 0 Å². The smallest absolute Gasteiger partial charge is 0.326 e. The fourth-order valence-corrected chi connectivity index (χ4v) is 3.84. The molecule has 7 heteroatoms. The predicted molar refractivity (Wildman–Crippen MR) is 113 cm³/mol. The van der Waals surface area contributed by atoms with Crippen LogP contribution in [0.5, 0.6) is 0 Å². The number of allylic oxidation sites excluding steroid dienone is 2. The molecule has 2 aliphatic rings. The Kier molecular flexibility index (Phi) is 5.93. The number of esters is 1. The van der Waals surface area contributed by atoms with Crippen molar-refractivity contribution in [2.45, 2.75) is 19.4 Å². The lowest BCUT2D eigenvalue weighted by molar-refractivity contribution is -0.153. The Morgan fingerprint density at radius 3 is 2.13 bits per heavy atom. The number of fused-ring (bicyclic) bond motifs is 1. The van der Waals surface area contributed by atoms with Gasteiger partial charge in [-0.05, 0) is 42.7 Å². The van der Waals surface area contributed by atoms with Crippen LogP contribution in [0.2, 0.25) is 0 Å². The normalized spacial score (nSPS) is 19.8. The maximum atomic E-state index is 12.4. The van der Waals surface area contributed by atoms with Crippen molar-refractivity contribution in [3.8, 4) is 0 Å². The molecule has 2 aromatic rings. The number of likely N-dealkylation sites (tertiary alicyclic amines) is 1. The van der Waals surface area contributed by atoms with E-state index in [2.05, 4.69) is 5.32 Å². The van der Waals surface area contributed by atoms with Crippen LogP contribution in [0, 0.1) is 11.8 Å². The molecule has 0 aromatic heterocycles. The standard InChI is InChI=1S/C24H22N2O5/c27-21(14-26-23(29)19-8-4-5-9-20(19)24(26)30)31-15-16-10-12-17(13-11-16)22(28)25-18-6-2-1-3-7-18/h1-7,10-13,19-20H,8-9,14-15H2,(H,25,28)/t19-,20+. The SMILES string of the molecule is O=C(CN1C(=O)[C@H]2CC=CC[C@H]2C1=O)OCc1ccc(C(=O)Nc2ccccc2)cc1. The van der Waals surface area contributed by atoms with Crippen LogP contribution in [0.15, 0.2) is 66.7 Å². The fraction of sp³-hybridized carbons (Fsp3) is 0.250. The zero-order valence-corrected chi connectivity index (χ0v) is 16.8. The van der Waals surface area contributed by atoms with Crippen molar-refractivity contribution in [3.05, 3.63) is 77.9 Å². The van der Waals surface area contributed by atoms with Gasteiger partial charge in [-0.15, -0.1) is 0 Å². The van der Waals surface area contributed by atoms with Crippen molar-refractivity contribution in [2.75, 3.05) is 11.9 Å². The molecule has 0 radical (unpaired) electrons. The molecule has 1 heterocycles. The molecular formula is C24H22N2O5. The van der Waals surface area contributed by atoms with Crippen molar-refractivity contribution in [1.29, 1.82) is 0 Å². The Balaban J connectivity index is 1.28. The molecule has 0 bridgehead atoms. The average molecular weight is 418 g/mol. The molecule has 1 saturated heterocycles. The van der Waals surface area contributed by atoms with Crippen LogP contribution in [0.4, 0.5) is 5.69 Å². The van der Waals surface area contributed by atoms with Gasteiger partial charge in [0.1, 0.15) is 13.2 Å². The van der Waals surface area contributed by atoms with Gasteiger partial charge in [-0.25, -0.2) is 0 Å². The molecule has 4 rings (SSSR count). The first-order valence-corrected chi connectivity index (χ1v) is 10.1. The molecule has 0 spiro atoms. The third-order valence-electron chi connectivity index (χ3n) is 5.53. The molecule has 1 aliphatic carbocycles. The minimum atomic E-state index is -0.640. The minimum Gasteiger partial charge on any atom is -0.459 e. The summed E-state index contributed by atoms with van der Waals surface area (Å²) in [6.45, 7) is -0.383. The van der Waals surface area contributed by atoms with E-state index in [4.69, 9.17) is 4.74 Å². The lowest BCUT2D eigenvalue weighted by atomic mass is 9.85. The second-order valence-electron chi connectivity index (χ2n) is 7.60. The number of imide groups is 1. The van der Waals surface area contributed by atoms with E-state index in [1.807, 2.05) is 30.4 Å². The van der Waals surface area contributed by atoms with Gasteiger partial charge < -0.3 is 10.1 Å². The summed E-state index contributed by atoms with van der Waals surface area (Å²) in [4.78, 5) is 50.3. The zero-order chi connectivity index (χ0) is 21.8. The van der Waals surface area contributed by atoms with Crippen LogP contribution in [-0.4, -0.2) is 35.1 Å². The highest BCUT2D eigenvalue weighted by molar-refractivity contribution is 6.07. The monoisotopic (exact) mass is 418 g/mol. The van der Waals surface area contributed by atoms with E-state index in [1.165, 1.54) is 0 Å². The second-order valence-corrected chi connectivity index (χ2v) is 7.60. The number of rotatable bonds is 6. The molecule has 0 unspecified atom stereocenters. The van der Waals surface area contributed by atoms with Crippen LogP contribution in [0.1, 0.15) is 28.8 Å². The number of carbonyl (C=O) groups is 4. The maximum absolute atomic E-state index is 12.4. The van der Waals surface area contributed by atoms with Crippen LogP contribution in [0.25, 0.3) is 0 Å². The van der Waals surface area contributed by atoms with E-state index in [0.29, 0.717) is 29.7 Å². The van der Waals surface area contributed by atoms with Crippen LogP contribution in [-0.2, 0) is 25.7 Å². The number of amides is 3. The molecule has 0 saturated carbocycles. The summed E-state index contributed by atoms with van der Waals surface area (Å²) >= 11 is 0. The molecule has 2 aromatic carbocycles.